The molecule has 70 heavy (non-hydrogen) atoms. The van der Waals surface area contributed by atoms with Crippen LogP contribution in [0.3, 0.4) is 0 Å². The molecule has 0 spiro atoms. The molecule has 7 rings (SSSR count). The Morgan fingerprint density at radius 3 is 2.09 bits per heavy atom. The van der Waals surface area contributed by atoms with Gasteiger partial charge in [0.2, 0.25) is 15.9 Å². The summed E-state index contributed by atoms with van der Waals surface area (Å²) in [6.07, 6.45) is -9.46. The second kappa shape index (κ2) is 18.6. The third-order valence-corrected chi connectivity index (χ3v) is 14.5. The minimum atomic E-state index is -5.19. The molecule has 3 N–H and O–H groups in total. The maximum absolute atomic E-state index is 15.5. The van der Waals surface area contributed by atoms with Gasteiger partial charge >= 0.3 is 12.4 Å². The van der Waals surface area contributed by atoms with Gasteiger partial charge in [-0.15, -0.1) is 0 Å². The van der Waals surface area contributed by atoms with E-state index in [2.05, 4.69) is 32.3 Å². The number of fused-ring (bicyclic) bond motifs is 4. The van der Waals surface area contributed by atoms with E-state index in [-0.39, 0.29) is 55.3 Å². The Morgan fingerprint density at radius 1 is 0.943 bits per heavy atom. The van der Waals surface area contributed by atoms with Gasteiger partial charge in [0.1, 0.15) is 40.9 Å². The van der Waals surface area contributed by atoms with Gasteiger partial charge in [-0.2, -0.15) is 53.7 Å². The monoisotopic (exact) mass is 1080 g/mol. The number of hydrogen-bond donors (Lipinski definition) is 3. The standard InChI is InChI=1S/C39H32ClF10N7O5S2.C2H6O3S/c1-36(2,63(3,59)60)10-9-21-5-6-22(23-7-8-26(40)30-32(23)57(17-37(43,44)45)54-35(30)55-64(4,61)62)31(51-21)27(13-18-11-19(41)14-20(42)12-18)52-28(58)16-56-34-29(33(53-56)39(48,49)50)24-15-25(24)38(34,46)47;1-2-6(3,4)5/h5-8,11-12,14,24-25,27H,13,15-17H2,1-4H3,(H,52,58)(H,54,55);2H2,1H3,(H,3,4,5)/t24-,25+,27-;/m0./s1. The molecule has 1 fully saturated rings. The van der Waals surface area contributed by atoms with E-state index in [1.165, 1.54) is 39.0 Å². The first-order valence-corrected chi connectivity index (χ1v) is 25.9. The van der Waals surface area contributed by atoms with Crippen molar-refractivity contribution in [2.24, 2.45) is 5.92 Å². The lowest BCUT2D eigenvalue weighted by Crippen LogP contribution is -2.35. The highest BCUT2D eigenvalue weighted by molar-refractivity contribution is 7.92. The smallest absolute Gasteiger partial charge is 0.346 e. The summed E-state index contributed by atoms with van der Waals surface area (Å²) in [4.78, 5) is 18.5. The molecule has 29 heteroatoms. The average molecular weight is 1080 g/mol. The Labute approximate surface area is 397 Å². The van der Waals surface area contributed by atoms with Crippen molar-refractivity contribution in [3.63, 3.8) is 0 Å². The van der Waals surface area contributed by atoms with Crippen molar-refractivity contribution < 1.29 is 78.5 Å². The summed E-state index contributed by atoms with van der Waals surface area (Å²) in [5, 5.41) is 9.01. The summed E-state index contributed by atoms with van der Waals surface area (Å²) in [5.74, 6) is -5.63. The second-order valence-corrected chi connectivity index (χ2v) is 23.2. The van der Waals surface area contributed by atoms with Gasteiger partial charge in [0.05, 0.1) is 39.7 Å². The molecule has 2 aromatic carbocycles. The van der Waals surface area contributed by atoms with Crippen molar-refractivity contribution in [1.29, 1.82) is 0 Å². The van der Waals surface area contributed by atoms with Gasteiger partial charge in [-0.25, -0.2) is 30.6 Å². The average Bonchev–Trinajstić information content (AvgIpc) is 3.72. The Kier molecular flexibility index (Phi) is 14.3. The summed E-state index contributed by atoms with van der Waals surface area (Å²) in [5.41, 5.74) is -5.17. The van der Waals surface area contributed by atoms with E-state index in [0.29, 0.717) is 17.0 Å². The van der Waals surface area contributed by atoms with Crippen LogP contribution in [0.2, 0.25) is 5.02 Å². The second-order valence-electron chi connectivity index (χ2n) is 16.8. The third kappa shape index (κ3) is 12.0. The van der Waals surface area contributed by atoms with Gasteiger partial charge in [-0.1, -0.05) is 23.6 Å². The number of carbonyl (C=O) groups is 1. The molecule has 15 nitrogen and oxygen atoms in total. The zero-order valence-electron chi connectivity index (χ0n) is 36.7. The molecule has 2 aliphatic rings. The molecule has 0 radical (unpaired) electrons. The molecule has 5 aromatic rings. The van der Waals surface area contributed by atoms with Gasteiger partial charge in [0.15, 0.2) is 21.3 Å². The van der Waals surface area contributed by atoms with Crippen LogP contribution in [0.4, 0.5) is 49.7 Å². The van der Waals surface area contributed by atoms with Gasteiger partial charge in [-0.3, -0.25) is 23.4 Å². The van der Waals surface area contributed by atoms with E-state index < -0.39 is 136 Å². The van der Waals surface area contributed by atoms with Crippen LogP contribution in [0.5, 0.6) is 0 Å². The first-order chi connectivity index (χ1) is 31.9. The fraction of sp³-hybridized carbons (Fsp3) is 0.415. The molecule has 3 atom stereocenters. The summed E-state index contributed by atoms with van der Waals surface area (Å²) in [6.45, 7) is 0.823. The maximum Gasteiger partial charge on any atom is 0.435 e. The summed E-state index contributed by atoms with van der Waals surface area (Å²) in [7, 11) is -11.7. The van der Waals surface area contributed by atoms with Crippen molar-refractivity contribution in [1.82, 2.24) is 29.9 Å². The van der Waals surface area contributed by atoms with Crippen LogP contribution in [0.1, 0.15) is 73.1 Å². The van der Waals surface area contributed by atoms with Crippen LogP contribution in [0.25, 0.3) is 22.0 Å². The highest BCUT2D eigenvalue weighted by atomic mass is 35.5. The minimum absolute atomic E-state index is 0.195. The van der Waals surface area contributed by atoms with Crippen LogP contribution < -0.4 is 10.0 Å². The summed E-state index contributed by atoms with van der Waals surface area (Å²) in [6, 6.07) is 5.24. The fourth-order valence-electron chi connectivity index (χ4n) is 7.52. The Balaban J connectivity index is 0.00000126. The SMILES string of the molecule is CC(C)(C#Cc1ccc(-c2ccc(Cl)c3c(NS(C)(=O)=O)nn(CC(F)(F)F)c23)c([C@H](Cc2cc(F)cc(F)c2)NC(=O)Cn2nc(C(F)(F)F)c3c2C(F)(F)[C@@H]2C[C@H]32)n1)S(C)(=O)=O.CCS(=O)(=O)O. The minimum Gasteiger partial charge on any atom is -0.346 e. The van der Waals surface area contributed by atoms with Gasteiger partial charge in [0, 0.05) is 34.9 Å². The number of pyridine rings is 1. The van der Waals surface area contributed by atoms with Crippen molar-refractivity contribution in [3.05, 3.63) is 93.0 Å². The number of alkyl halides is 8. The van der Waals surface area contributed by atoms with E-state index in [9.17, 15) is 65.2 Å². The lowest BCUT2D eigenvalue weighted by atomic mass is 9.93. The number of rotatable bonds is 12. The van der Waals surface area contributed by atoms with Crippen LogP contribution in [0, 0.1) is 29.4 Å². The molecular formula is C41H38ClF10N7O8S3. The molecule has 0 bridgehead atoms. The Bertz CT molecular complexity index is 3310. The topological polar surface area (TPSA) is 212 Å². The Hall–Kier alpha value is -5.50. The van der Waals surface area contributed by atoms with Gasteiger partial charge in [0.25, 0.3) is 16.0 Å². The number of aromatic nitrogens is 5. The van der Waals surface area contributed by atoms with Gasteiger partial charge < -0.3 is 5.32 Å². The Morgan fingerprint density at radius 2 is 1.54 bits per heavy atom. The third-order valence-electron chi connectivity index (χ3n) is 11.0. The fourth-order valence-corrected chi connectivity index (χ4v) is 8.50. The molecule has 0 saturated heterocycles. The zero-order valence-corrected chi connectivity index (χ0v) is 39.9. The van der Waals surface area contributed by atoms with E-state index in [0.717, 1.165) is 24.5 Å². The number of nitrogens with one attached hydrogen (secondary N) is 2. The number of amides is 1. The molecule has 1 saturated carbocycles. The molecule has 3 aromatic heterocycles. The highest BCUT2D eigenvalue weighted by Crippen LogP contribution is 2.68. The van der Waals surface area contributed by atoms with Crippen LogP contribution in [-0.2, 0) is 66.4 Å². The van der Waals surface area contributed by atoms with Crippen LogP contribution in [0.15, 0.2) is 42.5 Å². The number of sulfone groups is 1. The molecule has 3 heterocycles. The molecule has 1 amide bonds. The number of nitrogens with zero attached hydrogens (tertiary/aromatic N) is 5. The molecule has 0 aliphatic heterocycles. The molecule has 0 unspecified atom stereocenters. The normalized spacial score (nSPS) is 17.2. The predicted octanol–water partition coefficient (Wildman–Crippen LogP) is 7.56. The zero-order chi connectivity index (χ0) is 52.5. The number of carbonyl (C=O) groups excluding carboxylic acids is 1. The summed E-state index contributed by atoms with van der Waals surface area (Å²) < 4.78 is 222. The molecule has 2 aliphatic carbocycles. The van der Waals surface area contributed by atoms with E-state index in [4.69, 9.17) is 16.2 Å². The van der Waals surface area contributed by atoms with Crippen molar-refractivity contribution in [2.45, 2.75) is 81.7 Å². The lowest BCUT2D eigenvalue weighted by molar-refractivity contribution is -0.142. The number of sulfonamides is 1. The lowest BCUT2D eigenvalue weighted by Gasteiger charge is -2.23. The largest absolute Gasteiger partial charge is 0.435 e. The first-order valence-electron chi connectivity index (χ1n) is 20.1. The van der Waals surface area contributed by atoms with E-state index in [1.807, 2.05) is 4.72 Å². The van der Waals surface area contributed by atoms with Crippen LogP contribution >= 0.6 is 11.6 Å². The molecule has 380 valence electrons. The van der Waals surface area contributed by atoms with Gasteiger partial charge in [-0.05, 0) is 81.3 Å². The van der Waals surface area contributed by atoms with Crippen molar-refractivity contribution in [2.75, 3.05) is 23.0 Å². The highest BCUT2D eigenvalue weighted by Gasteiger charge is 2.68. The number of halogens is 11. The van der Waals surface area contributed by atoms with Crippen molar-refractivity contribution in [3.8, 4) is 23.0 Å². The predicted molar refractivity (Wildman–Crippen MR) is 233 cm³/mol. The number of anilines is 1. The number of benzene rings is 2. The first kappa shape index (κ1) is 53.8. The number of hydrogen-bond acceptors (Lipinski definition) is 10. The quantitative estimate of drug-likeness (QED) is 0.0630. The summed E-state index contributed by atoms with van der Waals surface area (Å²) >= 11 is 6.46. The van der Waals surface area contributed by atoms with E-state index in [1.54, 1.807) is 0 Å². The van der Waals surface area contributed by atoms with Crippen LogP contribution in [-0.4, -0.2) is 89.4 Å². The molecular weight excluding hydrogens is 1040 g/mol. The maximum atomic E-state index is 15.5. The van der Waals surface area contributed by atoms with Crippen molar-refractivity contribution >= 4 is 64.2 Å². The van der Waals surface area contributed by atoms with E-state index >= 15 is 8.78 Å².